The van der Waals surface area contributed by atoms with E-state index in [1.54, 1.807) is 24.3 Å². The zero-order valence-electron chi connectivity index (χ0n) is 11.1. The number of rotatable bonds is 6. The van der Waals surface area contributed by atoms with Crippen molar-refractivity contribution in [1.29, 1.82) is 0 Å². The summed E-state index contributed by atoms with van der Waals surface area (Å²) in [5.74, 6) is -3.66. The fraction of sp³-hybridized carbons (Fsp3) is 0.462. The van der Waals surface area contributed by atoms with Crippen LogP contribution in [0.3, 0.4) is 0 Å². The normalized spacial score (nSPS) is 13.3. The van der Waals surface area contributed by atoms with Crippen molar-refractivity contribution in [2.45, 2.75) is 12.7 Å². The van der Waals surface area contributed by atoms with Crippen molar-refractivity contribution >= 4 is 5.97 Å². The van der Waals surface area contributed by atoms with E-state index in [1.807, 2.05) is 0 Å². The lowest BCUT2D eigenvalue weighted by Crippen LogP contribution is -2.39. The Morgan fingerprint density at radius 3 is 2.60 bits per heavy atom. The van der Waals surface area contributed by atoms with E-state index in [2.05, 4.69) is 0 Å². The Bertz CT molecular complexity index is 462. The Balaban J connectivity index is 2.70. The molecule has 1 rings (SSSR count). The van der Waals surface area contributed by atoms with Gasteiger partial charge in [-0.25, -0.2) is 0 Å². The molecule has 0 aliphatic heterocycles. The van der Waals surface area contributed by atoms with Gasteiger partial charge in [-0.3, -0.25) is 4.79 Å². The smallest absolute Gasteiger partial charge is 0.403 e. The number of carboxylic acid groups (broad SMARTS) is 1. The molecular weight excluding hydrogens is 275 g/mol. The molecule has 7 heteroatoms. The third-order valence-corrected chi connectivity index (χ3v) is 2.77. The molecule has 0 amide bonds. The zero-order valence-corrected chi connectivity index (χ0v) is 11.1. The van der Waals surface area contributed by atoms with Gasteiger partial charge in [-0.15, -0.1) is 0 Å². The first-order valence-electron chi connectivity index (χ1n) is 5.85. The Hall–Kier alpha value is -1.76. The molecular formula is C13H16F3NO3. The minimum atomic E-state index is -4.76. The Morgan fingerprint density at radius 1 is 1.45 bits per heavy atom. The highest BCUT2D eigenvalue weighted by Crippen LogP contribution is 2.27. The minimum Gasteiger partial charge on any atom is -0.497 e. The molecule has 0 radical (unpaired) electrons. The summed E-state index contributed by atoms with van der Waals surface area (Å²) in [6, 6.07) is 6.88. The van der Waals surface area contributed by atoms with Crippen molar-refractivity contribution in [2.24, 2.45) is 5.92 Å². The van der Waals surface area contributed by atoms with Gasteiger partial charge in [0.1, 0.15) is 5.75 Å². The predicted molar refractivity (Wildman–Crippen MR) is 66.5 cm³/mol. The lowest BCUT2D eigenvalue weighted by molar-refractivity contribution is -0.196. The number of hydrogen-bond donors (Lipinski definition) is 1. The molecule has 0 saturated heterocycles. The van der Waals surface area contributed by atoms with E-state index in [0.717, 1.165) is 5.56 Å². The second-order valence-electron chi connectivity index (χ2n) is 4.48. The van der Waals surface area contributed by atoms with Crippen molar-refractivity contribution in [1.82, 2.24) is 4.90 Å². The molecule has 112 valence electrons. The van der Waals surface area contributed by atoms with Gasteiger partial charge in [0.15, 0.2) is 5.92 Å². The van der Waals surface area contributed by atoms with Crippen LogP contribution in [0.15, 0.2) is 24.3 Å². The van der Waals surface area contributed by atoms with Crippen LogP contribution >= 0.6 is 0 Å². The van der Waals surface area contributed by atoms with Crippen LogP contribution < -0.4 is 4.74 Å². The summed E-state index contributed by atoms with van der Waals surface area (Å²) >= 11 is 0. The summed E-state index contributed by atoms with van der Waals surface area (Å²) in [7, 11) is 2.94. The summed E-state index contributed by atoms with van der Waals surface area (Å²) in [6.45, 7) is -0.396. The molecule has 0 aliphatic rings. The molecule has 0 saturated carbocycles. The summed E-state index contributed by atoms with van der Waals surface area (Å²) in [4.78, 5) is 12.0. The molecule has 1 aromatic carbocycles. The highest BCUT2D eigenvalue weighted by molar-refractivity contribution is 5.71. The lowest BCUT2D eigenvalue weighted by atomic mass is 10.1. The van der Waals surface area contributed by atoms with Gasteiger partial charge in [-0.05, 0) is 24.7 Å². The van der Waals surface area contributed by atoms with E-state index < -0.39 is 24.6 Å². The first-order chi connectivity index (χ1) is 9.24. The molecule has 1 unspecified atom stereocenters. The van der Waals surface area contributed by atoms with Gasteiger partial charge in [0.2, 0.25) is 0 Å². The summed E-state index contributed by atoms with van der Waals surface area (Å²) in [5, 5.41) is 8.64. The zero-order chi connectivity index (χ0) is 15.3. The highest BCUT2D eigenvalue weighted by atomic mass is 19.4. The third kappa shape index (κ3) is 4.73. The molecule has 0 aliphatic carbocycles. The maximum atomic E-state index is 12.6. The molecule has 0 spiro atoms. The van der Waals surface area contributed by atoms with E-state index in [4.69, 9.17) is 9.84 Å². The molecule has 1 aromatic rings. The van der Waals surface area contributed by atoms with Crippen LogP contribution in [0.2, 0.25) is 0 Å². The van der Waals surface area contributed by atoms with Crippen molar-refractivity contribution in [3.63, 3.8) is 0 Å². The van der Waals surface area contributed by atoms with E-state index in [1.165, 1.54) is 19.1 Å². The van der Waals surface area contributed by atoms with Gasteiger partial charge in [0, 0.05) is 13.1 Å². The summed E-state index contributed by atoms with van der Waals surface area (Å²) in [6.07, 6.45) is -4.76. The number of halogens is 3. The summed E-state index contributed by atoms with van der Waals surface area (Å²) < 4.78 is 42.7. The van der Waals surface area contributed by atoms with Crippen molar-refractivity contribution in [3.05, 3.63) is 29.8 Å². The van der Waals surface area contributed by atoms with Gasteiger partial charge >= 0.3 is 12.1 Å². The van der Waals surface area contributed by atoms with E-state index >= 15 is 0 Å². The second kappa shape index (κ2) is 6.60. The monoisotopic (exact) mass is 291 g/mol. The van der Waals surface area contributed by atoms with Gasteiger partial charge in [-0.2, -0.15) is 13.2 Å². The first-order valence-corrected chi connectivity index (χ1v) is 5.85. The quantitative estimate of drug-likeness (QED) is 0.874. The molecule has 0 aromatic heterocycles. The Labute approximate surface area is 114 Å². The molecule has 20 heavy (non-hydrogen) atoms. The van der Waals surface area contributed by atoms with Crippen LogP contribution in [0.1, 0.15) is 5.56 Å². The molecule has 0 bridgehead atoms. The number of ether oxygens (including phenoxy) is 1. The fourth-order valence-electron chi connectivity index (χ4n) is 1.78. The molecule has 1 atom stereocenters. The third-order valence-electron chi connectivity index (χ3n) is 2.77. The maximum absolute atomic E-state index is 12.6. The lowest BCUT2D eigenvalue weighted by Gasteiger charge is -2.23. The van der Waals surface area contributed by atoms with Gasteiger partial charge in [0.25, 0.3) is 0 Å². The van der Waals surface area contributed by atoms with E-state index in [-0.39, 0.29) is 6.54 Å². The number of carbonyl (C=O) groups is 1. The average Bonchev–Trinajstić information content (AvgIpc) is 2.34. The number of nitrogens with zero attached hydrogens (tertiary/aromatic N) is 1. The van der Waals surface area contributed by atoms with Gasteiger partial charge in [0.05, 0.1) is 7.11 Å². The number of hydrogen-bond acceptors (Lipinski definition) is 3. The van der Waals surface area contributed by atoms with Crippen molar-refractivity contribution in [2.75, 3.05) is 20.7 Å². The topological polar surface area (TPSA) is 49.8 Å². The molecule has 4 nitrogen and oxygen atoms in total. The van der Waals surface area contributed by atoms with E-state index in [0.29, 0.717) is 5.75 Å². The maximum Gasteiger partial charge on any atom is 0.403 e. The number of alkyl halides is 3. The number of methoxy groups -OCH3 is 1. The fourth-order valence-corrected chi connectivity index (χ4v) is 1.78. The SMILES string of the molecule is COc1cccc(CN(C)CC(C(=O)O)C(F)(F)F)c1. The van der Waals surface area contributed by atoms with Crippen LogP contribution in [0, 0.1) is 5.92 Å². The number of benzene rings is 1. The highest BCUT2D eigenvalue weighted by Gasteiger charge is 2.45. The predicted octanol–water partition coefficient (Wildman–Crippen LogP) is 2.39. The molecule has 0 fully saturated rings. The van der Waals surface area contributed by atoms with Crippen molar-refractivity contribution in [3.8, 4) is 5.75 Å². The largest absolute Gasteiger partial charge is 0.497 e. The second-order valence-corrected chi connectivity index (χ2v) is 4.48. The average molecular weight is 291 g/mol. The van der Waals surface area contributed by atoms with Gasteiger partial charge < -0.3 is 14.7 Å². The minimum absolute atomic E-state index is 0.205. The molecule has 1 N–H and O–H groups in total. The molecule has 0 heterocycles. The van der Waals surface area contributed by atoms with Crippen LogP contribution in [0.25, 0.3) is 0 Å². The van der Waals surface area contributed by atoms with E-state index in [9.17, 15) is 18.0 Å². The Morgan fingerprint density at radius 2 is 2.10 bits per heavy atom. The van der Waals surface area contributed by atoms with Crippen molar-refractivity contribution < 1.29 is 27.8 Å². The standard InChI is InChI=1S/C13H16F3NO3/c1-17(8-11(12(18)19)13(14,15)16)7-9-4-3-5-10(6-9)20-2/h3-6,11H,7-8H2,1-2H3,(H,18,19). The Kier molecular flexibility index (Phi) is 5.38. The van der Waals surface area contributed by atoms with Crippen LogP contribution in [-0.2, 0) is 11.3 Å². The van der Waals surface area contributed by atoms with Gasteiger partial charge in [-0.1, -0.05) is 12.1 Å². The first kappa shape index (κ1) is 16.3. The van der Waals surface area contributed by atoms with Crippen LogP contribution in [-0.4, -0.2) is 42.9 Å². The number of aliphatic carboxylic acids is 1. The summed E-state index contributed by atoms with van der Waals surface area (Å²) in [5.41, 5.74) is 0.748. The van der Waals surface area contributed by atoms with Crippen LogP contribution in [0.4, 0.5) is 13.2 Å². The van der Waals surface area contributed by atoms with Crippen LogP contribution in [0.5, 0.6) is 5.75 Å². The number of carboxylic acids is 1.